The molecule has 98 valence electrons. The largest absolute Gasteiger partial charge is 0.454 e. The first kappa shape index (κ1) is 11.8. The molecule has 1 fully saturated rings. The number of nitrogens with one attached hydrogen (secondary N) is 1. The molecule has 1 aliphatic heterocycles. The highest BCUT2D eigenvalue weighted by Crippen LogP contribution is 2.34. The van der Waals surface area contributed by atoms with Gasteiger partial charge in [-0.3, -0.25) is 0 Å². The zero-order valence-electron chi connectivity index (χ0n) is 10.9. The van der Waals surface area contributed by atoms with E-state index in [1.165, 1.54) is 31.2 Å². The normalized spacial score (nSPS) is 26.3. The Kier molecular flexibility index (Phi) is 3.41. The number of hydrogen-bond donors (Lipinski definition) is 1. The van der Waals surface area contributed by atoms with Crippen LogP contribution in [0.3, 0.4) is 0 Å². The van der Waals surface area contributed by atoms with E-state index in [1.807, 2.05) is 6.07 Å². The zero-order chi connectivity index (χ0) is 12.4. The third-order valence-corrected chi connectivity index (χ3v) is 4.21. The summed E-state index contributed by atoms with van der Waals surface area (Å²) in [6, 6.07) is 7.03. The van der Waals surface area contributed by atoms with Crippen molar-refractivity contribution < 1.29 is 9.47 Å². The maximum Gasteiger partial charge on any atom is 0.231 e. The SMILES string of the molecule is CNC1CCCCC1Cc1ccc2c(c1)OCO2. The second-order valence-corrected chi connectivity index (χ2v) is 5.33. The van der Waals surface area contributed by atoms with Crippen LogP contribution in [0.4, 0.5) is 0 Å². The van der Waals surface area contributed by atoms with Gasteiger partial charge in [0.1, 0.15) is 0 Å². The molecule has 3 rings (SSSR count). The Bertz CT molecular complexity index is 419. The lowest BCUT2D eigenvalue weighted by Gasteiger charge is -2.31. The summed E-state index contributed by atoms with van der Waals surface area (Å²) < 4.78 is 10.8. The van der Waals surface area contributed by atoms with E-state index in [2.05, 4.69) is 24.5 Å². The highest BCUT2D eigenvalue weighted by atomic mass is 16.7. The summed E-state index contributed by atoms with van der Waals surface area (Å²) in [4.78, 5) is 0. The average molecular weight is 247 g/mol. The molecule has 1 aromatic carbocycles. The number of ether oxygens (including phenoxy) is 2. The Hall–Kier alpha value is -1.22. The molecule has 0 aromatic heterocycles. The molecule has 18 heavy (non-hydrogen) atoms. The van der Waals surface area contributed by atoms with Gasteiger partial charge in [-0.05, 0) is 49.9 Å². The van der Waals surface area contributed by atoms with E-state index in [-0.39, 0.29) is 0 Å². The van der Waals surface area contributed by atoms with E-state index >= 15 is 0 Å². The van der Waals surface area contributed by atoms with Gasteiger partial charge in [-0.25, -0.2) is 0 Å². The molecule has 2 aliphatic rings. The van der Waals surface area contributed by atoms with Crippen molar-refractivity contribution in [3.8, 4) is 11.5 Å². The summed E-state index contributed by atoms with van der Waals surface area (Å²) in [5, 5.41) is 3.47. The maximum absolute atomic E-state index is 5.44. The molecule has 1 aromatic rings. The summed E-state index contributed by atoms with van der Waals surface area (Å²) in [6.07, 6.45) is 6.52. The zero-order valence-corrected chi connectivity index (χ0v) is 10.9. The molecule has 0 spiro atoms. The lowest BCUT2D eigenvalue weighted by atomic mass is 9.81. The summed E-state index contributed by atoms with van der Waals surface area (Å²) in [5.74, 6) is 2.54. The Morgan fingerprint density at radius 1 is 1.17 bits per heavy atom. The van der Waals surface area contributed by atoms with E-state index in [9.17, 15) is 0 Å². The maximum atomic E-state index is 5.44. The van der Waals surface area contributed by atoms with E-state index < -0.39 is 0 Å². The van der Waals surface area contributed by atoms with Gasteiger partial charge in [0, 0.05) is 6.04 Å². The summed E-state index contributed by atoms with van der Waals surface area (Å²) >= 11 is 0. The predicted molar refractivity (Wildman–Crippen MR) is 71.1 cm³/mol. The smallest absolute Gasteiger partial charge is 0.231 e. The quantitative estimate of drug-likeness (QED) is 0.891. The van der Waals surface area contributed by atoms with Crippen molar-refractivity contribution in [1.82, 2.24) is 5.32 Å². The standard InChI is InChI=1S/C15H21NO2/c1-16-13-5-3-2-4-12(13)8-11-6-7-14-15(9-11)18-10-17-14/h6-7,9,12-13,16H,2-5,8,10H2,1H3. The first-order valence-electron chi connectivity index (χ1n) is 6.92. The van der Waals surface area contributed by atoms with E-state index in [4.69, 9.17) is 9.47 Å². The predicted octanol–water partition coefficient (Wildman–Crippen LogP) is 2.74. The monoisotopic (exact) mass is 247 g/mol. The van der Waals surface area contributed by atoms with Gasteiger partial charge >= 0.3 is 0 Å². The third kappa shape index (κ3) is 2.32. The molecule has 0 bridgehead atoms. The van der Waals surface area contributed by atoms with Crippen LogP contribution >= 0.6 is 0 Å². The molecule has 0 saturated heterocycles. The van der Waals surface area contributed by atoms with Crippen LogP contribution in [0.1, 0.15) is 31.2 Å². The molecule has 3 heteroatoms. The molecule has 2 atom stereocenters. The van der Waals surface area contributed by atoms with Crippen LogP contribution in [-0.2, 0) is 6.42 Å². The Balaban J connectivity index is 1.71. The molecule has 0 amide bonds. The molecule has 1 saturated carbocycles. The fourth-order valence-corrected chi connectivity index (χ4v) is 3.20. The number of fused-ring (bicyclic) bond motifs is 1. The topological polar surface area (TPSA) is 30.5 Å². The van der Waals surface area contributed by atoms with Crippen LogP contribution in [0.5, 0.6) is 11.5 Å². The van der Waals surface area contributed by atoms with Gasteiger partial charge in [-0.2, -0.15) is 0 Å². The van der Waals surface area contributed by atoms with Crippen LogP contribution in [0.25, 0.3) is 0 Å². The van der Waals surface area contributed by atoms with Gasteiger partial charge in [-0.15, -0.1) is 0 Å². The van der Waals surface area contributed by atoms with Gasteiger partial charge in [0.05, 0.1) is 0 Å². The van der Waals surface area contributed by atoms with Gasteiger partial charge in [0.25, 0.3) is 0 Å². The average Bonchev–Trinajstić information content (AvgIpc) is 2.87. The van der Waals surface area contributed by atoms with Crippen LogP contribution in [0.2, 0.25) is 0 Å². The second-order valence-electron chi connectivity index (χ2n) is 5.33. The molecule has 2 unspecified atom stereocenters. The van der Waals surface area contributed by atoms with Crippen molar-refractivity contribution >= 4 is 0 Å². The highest BCUT2D eigenvalue weighted by molar-refractivity contribution is 5.44. The van der Waals surface area contributed by atoms with Crippen molar-refractivity contribution in [2.75, 3.05) is 13.8 Å². The number of benzene rings is 1. The molecule has 3 nitrogen and oxygen atoms in total. The van der Waals surface area contributed by atoms with Crippen LogP contribution < -0.4 is 14.8 Å². The van der Waals surface area contributed by atoms with Gasteiger partial charge < -0.3 is 14.8 Å². The molecule has 0 radical (unpaired) electrons. The van der Waals surface area contributed by atoms with Crippen LogP contribution in [-0.4, -0.2) is 19.9 Å². The Labute approximate surface area is 108 Å². The van der Waals surface area contributed by atoms with Gasteiger partial charge in [-0.1, -0.05) is 18.9 Å². The Morgan fingerprint density at radius 3 is 2.89 bits per heavy atom. The van der Waals surface area contributed by atoms with Crippen molar-refractivity contribution in [3.05, 3.63) is 23.8 Å². The van der Waals surface area contributed by atoms with Crippen LogP contribution in [0.15, 0.2) is 18.2 Å². The molecular weight excluding hydrogens is 226 g/mol. The first-order valence-corrected chi connectivity index (χ1v) is 6.92. The first-order chi connectivity index (χ1) is 8.86. The second kappa shape index (κ2) is 5.19. The lowest BCUT2D eigenvalue weighted by Crippen LogP contribution is -2.37. The summed E-state index contributed by atoms with van der Waals surface area (Å²) in [5.41, 5.74) is 1.37. The fourth-order valence-electron chi connectivity index (χ4n) is 3.20. The Morgan fingerprint density at radius 2 is 2.00 bits per heavy atom. The van der Waals surface area contributed by atoms with E-state index in [0.717, 1.165) is 23.8 Å². The van der Waals surface area contributed by atoms with E-state index in [1.54, 1.807) is 0 Å². The lowest BCUT2D eigenvalue weighted by molar-refractivity contribution is 0.174. The minimum absolute atomic E-state index is 0.362. The fraction of sp³-hybridized carbons (Fsp3) is 0.600. The van der Waals surface area contributed by atoms with Crippen molar-refractivity contribution in [3.63, 3.8) is 0 Å². The van der Waals surface area contributed by atoms with Gasteiger partial charge in [0.15, 0.2) is 11.5 Å². The van der Waals surface area contributed by atoms with Crippen LogP contribution in [0, 0.1) is 5.92 Å². The van der Waals surface area contributed by atoms with Gasteiger partial charge in [0.2, 0.25) is 6.79 Å². The number of hydrogen-bond acceptors (Lipinski definition) is 3. The summed E-state index contributed by atoms with van der Waals surface area (Å²) in [6.45, 7) is 0.362. The van der Waals surface area contributed by atoms with Crippen molar-refractivity contribution in [2.45, 2.75) is 38.1 Å². The van der Waals surface area contributed by atoms with Crippen molar-refractivity contribution in [1.29, 1.82) is 0 Å². The number of rotatable bonds is 3. The molecular formula is C15H21NO2. The summed E-state index contributed by atoms with van der Waals surface area (Å²) in [7, 11) is 2.09. The van der Waals surface area contributed by atoms with E-state index in [0.29, 0.717) is 12.8 Å². The minimum atomic E-state index is 0.362. The molecule has 1 aliphatic carbocycles. The van der Waals surface area contributed by atoms with Crippen molar-refractivity contribution in [2.24, 2.45) is 5.92 Å². The molecule has 1 heterocycles. The molecule has 1 N–H and O–H groups in total. The minimum Gasteiger partial charge on any atom is -0.454 e. The highest BCUT2D eigenvalue weighted by Gasteiger charge is 2.24. The third-order valence-electron chi connectivity index (χ3n) is 4.21.